The highest BCUT2D eigenvalue weighted by Crippen LogP contribution is 2.25. The molecule has 6 nitrogen and oxygen atoms in total. The van der Waals surface area contributed by atoms with Gasteiger partial charge >= 0.3 is 12.0 Å². The molecule has 0 saturated heterocycles. The number of nitrogens with one attached hydrogen (secondary N) is 2. The zero-order valence-electron chi connectivity index (χ0n) is 15.0. The second kappa shape index (κ2) is 7.68. The van der Waals surface area contributed by atoms with Crippen LogP contribution in [0.25, 0.3) is 0 Å². The summed E-state index contributed by atoms with van der Waals surface area (Å²) in [6.07, 6.45) is 2.51. The molecule has 0 bridgehead atoms. The molecule has 0 spiro atoms. The van der Waals surface area contributed by atoms with Crippen molar-refractivity contribution in [3.8, 4) is 0 Å². The van der Waals surface area contributed by atoms with Crippen LogP contribution in [-0.4, -0.2) is 28.9 Å². The number of anilines is 1. The normalized spacial score (nSPS) is 20.6. The quantitative estimate of drug-likeness (QED) is 0.725. The summed E-state index contributed by atoms with van der Waals surface area (Å²) in [5.74, 6) is -1.000. The molecule has 1 fully saturated rings. The van der Waals surface area contributed by atoms with Crippen molar-refractivity contribution < 1.29 is 19.5 Å². The minimum absolute atomic E-state index is 0.00246. The second-order valence-electron chi connectivity index (χ2n) is 7.64. The summed E-state index contributed by atoms with van der Waals surface area (Å²) in [7, 11) is 0. The standard InChI is InChI=1S/C19H26N2O4/c1-19(2,3)16(22)12-4-8-14(9-5-12)20-18(25)21-15-10-6-13(7-11-15)17(23)24/h4-5,8-9,13,15H,6-7,10-11H2,1-3H3,(H,23,24)(H2,20,21,25). The maximum Gasteiger partial charge on any atom is 0.319 e. The lowest BCUT2D eigenvalue weighted by atomic mass is 9.86. The van der Waals surface area contributed by atoms with Crippen molar-refractivity contribution in [1.29, 1.82) is 0 Å². The van der Waals surface area contributed by atoms with E-state index in [9.17, 15) is 14.4 Å². The van der Waals surface area contributed by atoms with Crippen LogP contribution in [0.5, 0.6) is 0 Å². The molecule has 0 unspecified atom stereocenters. The summed E-state index contributed by atoms with van der Waals surface area (Å²) in [4.78, 5) is 35.2. The third-order valence-corrected chi connectivity index (χ3v) is 4.50. The number of carbonyl (C=O) groups excluding carboxylic acids is 2. The fraction of sp³-hybridized carbons (Fsp3) is 0.526. The van der Waals surface area contributed by atoms with E-state index in [1.807, 2.05) is 20.8 Å². The molecular formula is C19H26N2O4. The van der Waals surface area contributed by atoms with Gasteiger partial charge in [-0.3, -0.25) is 9.59 Å². The van der Waals surface area contributed by atoms with Gasteiger partial charge in [0.2, 0.25) is 0 Å². The molecule has 25 heavy (non-hydrogen) atoms. The van der Waals surface area contributed by atoms with Gasteiger partial charge in [0.25, 0.3) is 0 Å². The van der Waals surface area contributed by atoms with Crippen molar-refractivity contribution >= 4 is 23.5 Å². The van der Waals surface area contributed by atoms with Crippen molar-refractivity contribution in [2.45, 2.75) is 52.5 Å². The lowest BCUT2D eigenvalue weighted by molar-refractivity contribution is -0.142. The Bertz CT molecular complexity index is 638. The number of aliphatic carboxylic acids is 1. The highest BCUT2D eigenvalue weighted by Gasteiger charge is 2.27. The monoisotopic (exact) mass is 346 g/mol. The Hall–Kier alpha value is -2.37. The van der Waals surface area contributed by atoms with E-state index < -0.39 is 11.4 Å². The van der Waals surface area contributed by atoms with Crippen LogP contribution in [0.3, 0.4) is 0 Å². The fourth-order valence-electron chi connectivity index (χ4n) is 2.98. The molecular weight excluding hydrogens is 320 g/mol. The van der Waals surface area contributed by atoms with Gasteiger partial charge in [-0.15, -0.1) is 0 Å². The van der Waals surface area contributed by atoms with Gasteiger partial charge in [0, 0.05) is 22.7 Å². The highest BCUT2D eigenvalue weighted by molar-refractivity contribution is 6.00. The van der Waals surface area contributed by atoms with Gasteiger partial charge in [0.15, 0.2) is 5.78 Å². The number of carbonyl (C=O) groups is 3. The van der Waals surface area contributed by atoms with Crippen LogP contribution in [0.4, 0.5) is 10.5 Å². The molecule has 1 aliphatic carbocycles. The molecule has 0 aromatic heterocycles. The van der Waals surface area contributed by atoms with Crippen molar-refractivity contribution in [3.05, 3.63) is 29.8 Å². The molecule has 136 valence electrons. The summed E-state index contributed by atoms with van der Waals surface area (Å²) < 4.78 is 0. The molecule has 2 rings (SSSR count). The maximum absolute atomic E-state index is 12.2. The number of amides is 2. The van der Waals surface area contributed by atoms with Gasteiger partial charge < -0.3 is 15.7 Å². The maximum atomic E-state index is 12.2. The van der Waals surface area contributed by atoms with Gasteiger partial charge in [-0.25, -0.2) is 4.79 Å². The SMILES string of the molecule is CC(C)(C)C(=O)c1ccc(NC(=O)NC2CCC(C(=O)O)CC2)cc1. The van der Waals surface area contributed by atoms with Crippen LogP contribution >= 0.6 is 0 Å². The third-order valence-electron chi connectivity index (χ3n) is 4.50. The number of carboxylic acids is 1. The third kappa shape index (κ3) is 5.31. The number of hydrogen-bond acceptors (Lipinski definition) is 3. The van der Waals surface area contributed by atoms with Gasteiger partial charge in [-0.05, 0) is 49.9 Å². The summed E-state index contributed by atoms with van der Waals surface area (Å²) in [6, 6.07) is 6.52. The molecule has 1 aromatic rings. The summed E-state index contributed by atoms with van der Waals surface area (Å²) in [6.45, 7) is 5.61. The predicted molar refractivity (Wildman–Crippen MR) is 95.8 cm³/mol. The number of urea groups is 1. The van der Waals surface area contributed by atoms with Crippen LogP contribution in [0.15, 0.2) is 24.3 Å². The van der Waals surface area contributed by atoms with Crippen molar-refractivity contribution in [1.82, 2.24) is 5.32 Å². The van der Waals surface area contributed by atoms with E-state index in [2.05, 4.69) is 10.6 Å². The van der Waals surface area contributed by atoms with Gasteiger partial charge in [0.05, 0.1) is 5.92 Å². The average Bonchev–Trinajstić information content (AvgIpc) is 2.54. The Morgan fingerprint density at radius 2 is 1.56 bits per heavy atom. The first-order valence-electron chi connectivity index (χ1n) is 8.62. The summed E-state index contributed by atoms with van der Waals surface area (Å²) in [5.41, 5.74) is 0.786. The van der Waals surface area contributed by atoms with Crippen LogP contribution in [0.2, 0.25) is 0 Å². The first-order chi connectivity index (χ1) is 11.7. The lowest BCUT2D eigenvalue weighted by Gasteiger charge is -2.26. The minimum atomic E-state index is -0.757. The van der Waals surface area contributed by atoms with E-state index in [0.717, 1.165) is 0 Å². The minimum Gasteiger partial charge on any atom is -0.481 e. The Labute approximate surface area is 148 Å². The van der Waals surface area contributed by atoms with Crippen LogP contribution in [0.1, 0.15) is 56.8 Å². The first-order valence-corrected chi connectivity index (χ1v) is 8.62. The van der Waals surface area contributed by atoms with Gasteiger partial charge in [-0.2, -0.15) is 0 Å². The second-order valence-corrected chi connectivity index (χ2v) is 7.64. The number of ketones is 1. The van der Waals surface area contributed by atoms with Gasteiger partial charge in [0.1, 0.15) is 0 Å². The van der Waals surface area contributed by atoms with Crippen LogP contribution < -0.4 is 10.6 Å². The van der Waals surface area contributed by atoms with E-state index in [1.165, 1.54) is 0 Å². The van der Waals surface area contributed by atoms with E-state index in [0.29, 0.717) is 36.9 Å². The largest absolute Gasteiger partial charge is 0.481 e. The molecule has 6 heteroatoms. The molecule has 0 aliphatic heterocycles. The number of Topliss-reactive ketones (excluding diaryl/α,β-unsaturated/α-hetero) is 1. The van der Waals surface area contributed by atoms with Crippen molar-refractivity contribution in [2.75, 3.05) is 5.32 Å². The van der Waals surface area contributed by atoms with E-state index in [1.54, 1.807) is 24.3 Å². The molecule has 2 amide bonds. The smallest absolute Gasteiger partial charge is 0.319 e. The zero-order valence-corrected chi connectivity index (χ0v) is 15.0. The van der Waals surface area contributed by atoms with Crippen molar-refractivity contribution in [2.24, 2.45) is 11.3 Å². The lowest BCUT2D eigenvalue weighted by Crippen LogP contribution is -2.40. The molecule has 0 atom stereocenters. The Balaban J connectivity index is 1.85. The number of rotatable bonds is 4. The fourth-order valence-corrected chi connectivity index (χ4v) is 2.98. The topological polar surface area (TPSA) is 95.5 Å². The first kappa shape index (κ1) is 19.0. The Morgan fingerprint density at radius 3 is 2.04 bits per heavy atom. The molecule has 0 radical (unpaired) electrons. The highest BCUT2D eigenvalue weighted by atomic mass is 16.4. The van der Waals surface area contributed by atoms with Gasteiger partial charge in [-0.1, -0.05) is 20.8 Å². The molecule has 1 aliphatic rings. The molecule has 3 N–H and O–H groups in total. The molecule has 0 heterocycles. The Morgan fingerprint density at radius 1 is 1.00 bits per heavy atom. The predicted octanol–water partition coefficient (Wildman–Crippen LogP) is 3.68. The zero-order chi connectivity index (χ0) is 18.6. The van der Waals surface area contributed by atoms with E-state index in [-0.39, 0.29) is 23.8 Å². The van der Waals surface area contributed by atoms with Crippen molar-refractivity contribution in [3.63, 3.8) is 0 Å². The summed E-state index contributed by atoms with van der Waals surface area (Å²) in [5, 5.41) is 14.6. The molecule has 1 aromatic carbocycles. The molecule has 1 saturated carbocycles. The summed E-state index contributed by atoms with van der Waals surface area (Å²) >= 11 is 0. The van der Waals surface area contributed by atoms with E-state index in [4.69, 9.17) is 5.11 Å². The van der Waals surface area contributed by atoms with E-state index >= 15 is 0 Å². The van der Waals surface area contributed by atoms with Crippen LogP contribution in [0, 0.1) is 11.3 Å². The Kier molecular flexibility index (Phi) is 5.82. The number of benzene rings is 1. The number of carboxylic acid groups (broad SMARTS) is 1. The number of hydrogen-bond donors (Lipinski definition) is 3. The average molecular weight is 346 g/mol. The van der Waals surface area contributed by atoms with Crippen LogP contribution in [-0.2, 0) is 4.79 Å².